The van der Waals surface area contributed by atoms with Gasteiger partial charge in [-0.25, -0.2) is 4.98 Å². The Labute approximate surface area is 144 Å². The third-order valence-corrected chi connectivity index (χ3v) is 4.10. The number of nitrogens with one attached hydrogen (secondary N) is 2. The molecule has 0 bridgehead atoms. The summed E-state index contributed by atoms with van der Waals surface area (Å²) < 4.78 is 5.04. The van der Waals surface area contributed by atoms with Crippen LogP contribution in [0.1, 0.15) is 25.9 Å². The molecule has 8 heteroatoms. The lowest BCUT2D eigenvalue weighted by atomic mass is 10.2. The number of hydrogen-bond acceptors (Lipinski definition) is 6. The highest BCUT2D eigenvalue weighted by Crippen LogP contribution is 2.11. The zero-order valence-electron chi connectivity index (χ0n) is 13.4. The average molecular weight is 348 g/mol. The van der Waals surface area contributed by atoms with Gasteiger partial charge in [0.25, 0.3) is 11.8 Å². The first-order valence-electron chi connectivity index (χ1n) is 7.49. The molecule has 0 atom stereocenters. The third-order valence-electron chi connectivity index (χ3n) is 3.19. The SMILES string of the molecule is COc1ccc(C(=O)NCCNC(=O)c2csc(CCN)n2)cc1. The van der Waals surface area contributed by atoms with Crippen LogP contribution in [0, 0.1) is 0 Å². The molecule has 0 fully saturated rings. The van der Waals surface area contributed by atoms with Crippen molar-refractivity contribution in [1.82, 2.24) is 15.6 Å². The number of carbonyl (C=O) groups excluding carboxylic acids is 2. The highest BCUT2D eigenvalue weighted by molar-refractivity contribution is 7.09. The molecule has 2 amide bonds. The summed E-state index contributed by atoms with van der Waals surface area (Å²) in [6.07, 6.45) is 0.663. The number of nitrogens with zero attached hydrogens (tertiary/aromatic N) is 1. The van der Waals surface area contributed by atoms with Crippen molar-refractivity contribution in [2.45, 2.75) is 6.42 Å². The van der Waals surface area contributed by atoms with E-state index < -0.39 is 0 Å². The number of ether oxygens (including phenoxy) is 1. The quantitative estimate of drug-likeness (QED) is 0.612. The first-order chi connectivity index (χ1) is 11.6. The topological polar surface area (TPSA) is 106 Å². The van der Waals surface area contributed by atoms with Crippen LogP contribution >= 0.6 is 11.3 Å². The van der Waals surface area contributed by atoms with Crippen LogP contribution in [0.25, 0.3) is 0 Å². The van der Waals surface area contributed by atoms with Gasteiger partial charge in [0, 0.05) is 30.5 Å². The van der Waals surface area contributed by atoms with Crippen molar-refractivity contribution in [3.63, 3.8) is 0 Å². The number of hydrogen-bond donors (Lipinski definition) is 3. The normalized spacial score (nSPS) is 10.2. The summed E-state index contributed by atoms with van der Waals surface area (Å²) in [7, 11) is 1.57. The Kier molecular flexibility index (Phi) is 6.71. The monoisotopic (exact) mass is 348 g/mol. The fourth-order valence-electron chi connectivity index (χ4n) is 1.94. The maximum atomic E-state index is 11.9. The minimum absolute atomic E-state index is 0.203. The predicted octanol–water partition coefficient (Wildman–Crippen LogP) is 0.813. The second kappa shape index (κ2) is 8.99. The second-order valence-electron chi connectivity index (χ2n) is 4.91. The van der Waals surface area contributed by atoms with Gasteiger partial charge >= 0.3 is 0 Å². The lowest BCUT2D eigenvalue weighted by molar-refractivity contribution is 0.0925. The first kappa shape index (κ1) is 17.9. The molecule has 1 aromatic carbocycles. The van der Waals surface area contributed by atoms with Crippen LogP contribution in [0.15, 0.2) is 29.6 Å². The average Bonchev–Trinajstić information content (AvgIpc) is 3.07. The van der Waals surface area contributed by atoms with E-state index in [1.807, 2.05) is 0 Å². The van der Waals surface area contributed by atoms with Gasteiger partial charge in [0.1, 0.15) is 11.4 Å². The van der Waals surface area contributed by atoms with Crippen molar-refractivity contribution in [2.75, 3.05) is 26.7 Å². The van der Waals surface area contributed by atoms with E-state index in [2.05, 4.69) is 15.6 Å². The van der Waals surface area contributed by atoms with Crippen LogP contribution in [-0.2, 0) is 6.42 Å². The van der Waals surface area contributed by atoms with Gasteiger partial charge in [-0.05, 0) is 30.8 Å². The molecule has 0 saturated carbocycles. The molecule has 0 aliphatic rings. The Morgan fingerprint density at radius 2 is 1.83 bits per heavy atom. The van der Waals surface area contributed by atoms with Crippen molar-refractivity contribution in [3.05, 3.63) is 45.9 Å². The van der Waals surface area contributed by atoms with Gasteiger partial charge in [0.05, 0.1) is 12.1 Å². The number of thiazole rings is 1. The molecule has 24 heavy (non-hydrogen) atoms. The standard InChI is InChI=1S/C16H20N4O3S/c1-23-12-4-2-11(3-5-12)15(21)18-8-9-19-16(22)13-10-24-14(20-13)6-7-17/h2-5,10H,6-9,17H2,1H3,(H,18,21)(H,19,22). The van der Waals surface area contributed by atoms with E-state index in [4.69, 9.17) is 10.5 Å². The van der Waals surface area contributed by atoms with E-state index in [1.165, 1.54) is 11.3 Å². The summed E-state index contributed by atoms with van der Waals surface area (Å²) in [4.78, 5) is 28.1. The van der Waals surface area contributed by atoms with Crippen molar-refractivity contribution >= 4 is 23.2 Å². The zero-order valence-corrected chi connectivity index (χ0v) is 14.2. The van der Waals surface area contributed by atoms with E-state index in [9.17, 15) is 9.59 Å². The summed E-state index contributed by atoms with van der Waals surface area (Å²) in [5.41, 5.74) is 6.37. The number of methoxy groups -OCH3 is 1. The predicted molar refractivity (Wildman–Crippen MR) is 92.5 cm³/mol. The lowest BCUT2D eigenvalue weighted by Crippen LogP contribution is -2.34. The minimum Gasteiger partial charge on any atom is -0.497 e. The summed E-state index contributed by atoms with van der Waals surface area (Å²) in [6, 6.07) is 6.80. The molecule has 2 aromatic rings. The van der Waals surface area contributed by atoms with Gasteiger partial charge in [-0.2, -0.15) is 0 Å². The van der Waals surface area contributed by atoms with Crippen LogP contribution in [0.3, 0.4) is 0 Å². The van der Waals surface area contributed by atoms with Gasteiger partial charge < -0.3 is 21.1 Å². The fraction of sp³-hybridized carbons (Fsp3) is 0.312. The number of aromatic nitrogens is 1. The highest BCUT2D eigenvalue weighted by atomic mass is 32.1. The molecular weight excluding hydrogens is 328 g/mol. The lowest BCUT2D eigenvalue weighted by Gasteiger charge is -2.07. The number of amides is 2. The second-order valence-corrected chi connectivity index (χ2v) is 5.85. The molecule has 0 aliphatic carbocycles. The maximum absolute atomic E-state index is 11.9. The molecule has 7 nitrogen and oxygen atoms in total. The zero-order chi connectivity index (χ0) is 17.4. The summed E-state index contributed by atoms with van der Waals surface area (Å²) >= 11 is 1.41. The van der Waals surface area contributed by atoms with E-state index >= 15 is 0 Å². The molecular formula is C16H20N4O3S. The number of carbonyl (C=O) groups is 2. The van der Waals surface area contributed by atoms with Crippen LogP contribution in [0.2, 0.25) is 0 Å². The molecule has 2 rings (SSSR count). The Balaban J connectivity index is 1.73. The van der Waals surface area contributed by atoms with Crippen molar-refractivity contribution < 1.29 is 14.3 Å². The summed E-state index contributed by atoms with van der Waals surface area (Å²) in [5, 5.41) is 8.01. The van der Waals surface area contributed by atoms with Gasteiger partial charge in [-0.1, -0.05) is 0 Å². The molecule has 0 spiro atoms. The molecule has 0 unspecified atom stereocenters. The largest absolute Gasteiger partial charge is 0.497 e. The Bertz CT molecular complexity index is 685. The summed E-state index contributed by atoms with van der Waals surface area (Å²) in [5.74, 6) is 0.232. The van der Waals surface area contributed by atoms with Gasteiger partial charge in [-0.3, -0.25) is 9.59 Å². The maximum Gasteiger partial charge on any atom is 0.270 e. The van der Waals surface area contributed by atoms with Crippen LogP contribution in [-0.4, -0.2) is 43.5 Å². The van der Waals surface area contributed by atoms with E-state index in [-0.39, 0.29) is 11.8 Å². The summed E-state index contributed by atoms with van der Waals surface area (Å²) in [6.45, 7) is 1.16. The number of nitrogens with two attached hydrogens (primary N) is 1. The Hall–Kier alpha value is -2.45. The van der Waals surface area contributed by atoms with Crippen LogP contribution in [0.5, 0.6) is 5.75 Å². The van der Waals surface area contributed by atoms with E-state index in [1.54, 1.807) is 36.8 Å². The van der Waals surface area contributed by atoms with Crippen LogP contribution in [0.4, 0.5) is 0 Å². The smallest absolute Gasteiger partial charge is 0.270 e. The van der Waals surface area contributed by atoms with Crippen molar-refractivity contribution in [2.24, 2.45) is 5.73 Å². The first-order valence-corrected chi connectivity index (χ1v) is 8.37. The Morgan fingerprint density at radius 1 is 1.17 bits per heavy atom. The van der Waals surface area contributed by atoms with Gasteiger partial charge in [-0.15, -0.1) is 11.3 Å². The van der Waals surface area contributed by atoms with Crippen molar-refractivity contribution in [3.8, 4) is 5.75 Å². The van der Waals surface area contributed by atoms with E-state index in [0.717, 1.165) is 5.01 Å². The third kappa shape index (κ3) is 5.04. The molecule has 4 N–H and O–H groups in total. The number of benzene rings is 1. The van der Waals surface area contributed by atoms with E-state index in [0.29, 0.717) is 43.1 Å². The van der Waals surface area contributed by atoms with Gasteiger partial charge in [0.15, 0.2) is 0 Å². The molecule has 1 heterocycles. The van der Waals surface area contributed by atoms with Gasteiger partial charge in [0.2, 0.25) is 0 Å². The van der Waals surface area contributed by atoms with Crippen molar-refractivity contribution in [1.29, 1.82) is 0 Å². The molecule has 0 saturated heterocycles. The number of rotatable bonds is 8. The molecule has 0 radical (unpaired) electrons. The molecule has 0 aliphatic heterocycles. The highest BCUT2D eigenvalue weighted by Gasteiger charge is 2.10. The Morgan fingerprint density at radius 3 is 2.46 bits per heavy atom. The van der Waals surface area contributed by atoms with Crippen LogP contribution < -0.4 is 21.1 Å². The molecule has 1 aromatic heterocycles. The fourth-order valence-corrected chi connectivity index (χ4v) is 2.73. The minimum atomic E-state index is -0.256. The molecule has 128 valence electrons.